The second-order valence-electron chi connectivity index (χ2n) is 5.35. The van der Waals surface area contributed by atoms with E-state index in [2.05, 4.69) is 5.16 Å². The van der Waals surface area contributed by atoms with Crippen molar-refractivity contribution in [3.8, 4) is 22.4 Å². The van der Waals surface area contributed by atoms with E-state index in [1.165, 1.54) is 18.4 Å². The first-order chi connectivity index (χ1) is 12.0. The number of sulfonamides is 1. The summed E-state index contributed by atoms with van der Waals surface area (Å²) in [6.07, 6.45) is 1.61. The van der Waals surface area contributed by atoms with Crippen molar-refractivity contribution >= 4 is 45.5 Å². The molecule has 0 unspecified atom stereocenters. The fraction of sp³-hybridized carbons (Fsp3) is 0.111. The summed E-state index contributed by atoms with van der Waals surface area (Å²) >= 11 is 0. The van der Waals surface area contributed by atoms with Crippen LogP contribution in [0.4, 0.5) is 0 Å². The minimum atomic E-state index is -3.86. The van der Waals surface area contributed by atoms with Gasteiger partial charge in [-0.2, -0.15) is 0 Å². The Bertz CT molecular complexity index is 984. The number of aromatic nitrogens is 1. The Morgan fingerprint density at radius 3 is 2.31 bits per heavy atom. The Hall–Kier alpha value is -1.93. The van der Waals surface area contributed by atoms with Gasteiger partial charge in [-0.25, -0.2) is 13.1 Å². The number of carbonyl (C=O) groups excluding carboxylic acids is 1. The predicted molar refractivity (Wildman–Crippen MR) is 100 cm³/mol. The summed E-state index contributed by atoms with van der Waals surface area (Å²) < 4.78 is 31.4. The number of nitrogens with zero attached hydrogens (tertiary/aromatic N) is 1. The maximum atomic E-state index is 12.1. The molecule has 1 amide bonds. The molecule has 3 aromatic rings. The van der Waals surface area contributed by atoms with Crippen LogP contribution in [0.25, 0.3) is 22.4 Å². The number of benzene rings is 2. The maximum absolute atomic E-state index is 12.1. The quantitative estimate of drug-likeness (QED) is 0.687. The van der Waals surface area contributed by atoms with Crippen molar-refractivity contribution in [1.82, 2.24) is 9.88 Å². The first-order valence-corrected chi connectivity index (χ1v) is 9.15. The molecular formula is C18H17N2NaO4S. The van der Waals surface area contributed by atoms with E-state index >= 15 is 0 Å². The molecule has 0 fully saturated rings. The van der Waals surface area contributed by atoms with Crippen molar-refractivity contribution in [3.63, 3.8) is 0 Å². The summed E-state index contributed by atoms with van der Waals surface area (Å²) in [5, 5.41) is 4.03. The molecule has 1 N–H and O–H groups in total. The van der Waals surface area contributed by atoms with Gasteiger partial charge in [0.1, 0.15) is 12.0 Å². The van der Waals surface area contributed by atoms with Crippen LogP contribution in [0.15, 0.2) is 70.3 Å². The zero-order valence-corrected chi connectivity index (χ0v) is 14.3. The first kappa shape index (κ1) is 20.4. The van der Waals surface area contributed by atoms with Crippen LogP contribution in [0.2, 0.25) is 0 Å². The van der Waals surface area contributed by atoms with E-state index in [1.807, 2.05) is 35.1 Å². The molecule has 0 radical (unpaired) electrons. The average molecular weight is 380 g/mol. The Morgan fingerprint density at radius 1 is 1.04 bits per heavy atom. The topological polar surface area (TPSA) is 89.3 Å². The fourth-order valence-corrected chi connectivity index (χ4v) is 3.40. The van der Waals surface area contributed by atoms with Gasteiger partial charge in [0.2, 0.25) is 5.91 Å². The summed E-state index contributed by atoms with van der Waals surface area (Å²) in [7, 11) is -3.86. The number of rotatable bonds is 5. The van der Waals surface area contributed by atoms with Crippen molar-refractivity contribution < 1.29 is 17.7 Å². The van der Waals surface area contributed by atoms with Crippen LogP contribution >= 0.6 is 0 Å². The molecule has 3 rings (SSSR count). The van der Waals surface area contributed by atoms with Gasteiger partial charge in [-0.3, -0.25) is 4.79 Å². The van der Waals surface area contributed by atoms with E-state index in [0.29, 0.717) is 5.69 Å². The summed E-state index contributed by atoms with van der Waals surface area (Å²) in [6, 6.07) is 15.8. The molecule has 0 saturated carbocycles. The van der Waals surface area contributed by atoms with Crippen LogP contribution in [0, 0.1) is 0 Å². The molecule has 6 nitrogen and oxygen atoms in total. The van der Waals surface area contributed by atoms with E-state index in [4.69, 9.17) is 4.52 Å². The molecule has 0 saturated heterocycles. The fourth-order valence-electron chi connectivity index (χ4n) is 2.34. The number of hydrogen-bond acceptors (Lipinski definition) is 5. The second-order valence-corrected chi connectivity index (χ2v) is 7.03. The Morgan fingerprint density at radius 2 is 1.69 bits per heavy atom. The van der Waals surface area contributed by atoms with Gasteiger partial charge in [0.15, 0.2) is 0 Å². The second kappa shape index (κ2) is 8.64. The summed E-state index contributed by atoms with van der Waals surface area (Å²) in [6.45, 7) is 1.59. The van der Waals surface area contributed by atoms with Crippen molar-refractivity contribution in [2.45, 2.75) is 18.2 Å². The van der Waals surface area contributed by atoms with Gasteiger partial charge in [-0.15, -0.1) is 0 Å². The SMILES string of the molecule is CCC(=O)NS(=O)(=O)c1ccc(-c2conc2-c2ccccc2)cc1.[NaH]. The van der Waals surface area contributed by atoms with Crippen molar-refractivity contribution in [1.29, 1.82) is 0 Å². The number of carbonyl (C=O) groups is 1. The van der Waals surface area contributed by atoms with E-state index < -0.39 is 15.9 Å². The third-order valence-corrected chi connectivity index (χ3v) is 5.05. The standard InChI is InChI=1S/C18H16N2O4S.Na.H/c1-2-17(21)20-25(22,23)15-10-8-13(9-11-15)16-12-24-19-18(16)14-6-4-3-5-7-14;;/h3-12H,2H2,1H3,(H,20,21);;. The minimum absolute atomic E-state index is 0. The van der Waals surface area contributed by atoms with E-state index in [9.17, 15) is 13.2 Å². The van der Waals surface area contributed by atoms with Crippen molar-refractivity contribution in [2.75, 3.05) is 0 Å². The number of nitrogens with one attached hydrogen (secondary N) is 1. The van der Waals surface area contributed by atoms with Crippen LogP contribution in [-0.4, -0.2) is 49.0 Å². The average Bonchev–Trinajstić information content (AvgIpc) is 3.12. The van der Waals surface area contributed by atoms with Crippen LogP contribution in [0.1, 0.15) is 13.3 Å². The van der Waals surface area contributed by atoms with Gasteiger partial charge >= 0.3 is 29.6 Å². The molecule has 0 bridgehead atoms. The van der Waals surface area contributed by atoms with Gasteiger partial charge in [-0.05, 0) is 17.7 Å². The van der Waals surface area contributed by atoms with Crippen molar-refractivity contribution in [3.05, 3.63) is 60.9 Å². The molecule has 0 aliphatic rings. The monoisotopic (exact) mass is 380 g/mol. The number of hydrogen-bond donors (Lipinski definition) is 1. The van der Waals surface area contributed by atoms with E-state index in [0.717, 1.165) is 16.7 Å². The molecular weight excluding hydrogens is 363 g/mol. The molecule has 0 aliphatic heterocycles. The third kappa shape index (κ3) is 4.42. The molecule has 2 aromatic carbocycles. The zero-order valence-electron chi connectivity index (χ0n) is 13.5. The van der Waals surface area contributed by atoms with Gasteiger partial charge < -0.3 is 4.52 Å². The van der Waals surface area contributed by atoms with E-state index in [-0.39, 0.29) is 40.9 Å². The molecule has 26 heavy (non-hydrogen) atoms. The molecule has 8 heteroatoms. The molecule has 0 spiro atoms. The molecule has 1 aromatic heterocycles. The van der Waals surface area contributed by atoms with Gasteiger partial charge in [0.05, 0.1) is 4.90 Å². The Balaban J connectivity index is 0.00000243. The van der Waals surface area contributed by atoms with Crippen LogP contribution in [0.5, 0.6) is 0 Å². The van der Waals surface area contributed by atoms with Gasteiger partial charge in [0, 0.05) is 17.5 Å². The van der Waals surface area contributed by atoms with Gasteiger partial charge in [-0.1, -0.05) is 54.5 Å². The predicted octanol–water partition coefficient (Wildman–Crippen LogP) is 2.58. The van der Waals surface area contributed by atoms with Crippen LogP contribution in [-0.2, 0) is 14.8 Å². The van der Waals surface area contributed by atoms with E-state index in [1.54, 1.807) is 19.1 Å². The number of amides is 1. The summed E-state index contributed by atoms with van der Waals surface area (Å²) in [5.41, 5.74) is 3.10. The first-order valence-electron chi connectivity index (χ1n) is 7.67. The summed E-state index contributed by atoms with van der Waals surface area (Å²) in [5.74, 6) is -0.547. The van der Waals surface area contributed by atoms with Crippen LogP contribution < -0.4 is 4.72 Å². The van der Waals surface area contributed by atoms with Crippen LogP contribution in [0.3, 0.4) is 0 Å². The Labute approximate surface area is 173 Å². The molecule has 0 aliphatic carbocycles. The Kier molecular flexibility index (Phi) is 6.77. The summed E-state index contributed by atoms with van der Waals surface area (Å²) in [4.78, 5) is 11.4. The van der Waals surface area contributed by atoms with Crippen molar-refractivity contribution in [2.24, 2.45) is 0 Å². The van der Waals surface area contributed by atoms with Gasteiger partial charge in [0.25, 0.3) is 10.0 Å². The molecule has 0 atom stereocenters. The molecule has 1 heterocycles. The third-order valence-electron chi connectivity index (χ3n) is 3.66. The molecule has 130 valence electrons. The normalized spacial score (nSPS) is 10.8. The zero-order chi connectivity index (χ0) is 17.9.